The summed E-state index contributed by atoms with van der Waals surface area (Å²) >= 11 is 0. The predicted molar refractivity (Wildman–Crippen MR) is 42.1 cm³/mol. The van der Waals surface area contributed by atoms with Gasteiger partial charge in [0.2, 0.25) is 0 Å². The topological polar surface area (TPSA) is 35.5 Å². The van der Waals surface area contributed by atoms with Gasteiger partial charge in [-0.05, 0) is 18.9 Å². The molecule has 0 atom stereocenters. The van der Waals surface area contributed by atoms with Crippen molar-refractivity contribution in [3.05, 3.63) is 25.0 Å². The summed E-state index contributed by atoms with van der Waals surface area (Å²) in [6, 6.07) is 0. The average Bonchev–Trinajstić information content (AvgIpc) is 2.04. The Hall–Kier alpha value is -1.25. The molecule has 0 aliphatic carbocycles. The van der Waals surface area contributed by atoms with Crippen molar-refractivity contribution in [2.24, 2.45) is 0 Å². The fraction of sp³-hybridized carbons (Fsp3) is 0.375. The Morgan fingerprint density at radius 3 is 2.82 bits per heavy atom. The van der Waals surface area contributed by atoms with E-state index >= 15 is 0 Å². The fourth-order valence-electron chi connectivity index (χ4n) is 0.434. The number of ether oxygens (including phenoxy) is 2. The molecule has 0 saturated heterocycles. The summed E-state index contributed by atoms with van der Waals surface area (Å²) in [5.74, 6) is 0. The molecule has 0 amide bonds. The zero-order valence-electron chi connectivity index (χ0n) is 6.58. The fourth-order valence-corrected chi connectivity index (χ4v) is 0.434. The Balaban J connectivity index is 3.29. The molecule has 0 aromatic heterocycles. The molecule has 0 spiro atoms. The molecule has 0 bridgehead atoms. The highest BCUT2D eigenvalue weighted by molar-refractivity contribution is 5.60. The van der Waals surface area contributed by atoms with Crippen LogP contribution in [0, 0.1) is 0 Å². The number of carbonyl (C=O) groups excluding carboxylic acids is 1. The van der Waals surface area contributed by atoms with E-state index in [0.717, 1.165) is 12.8 Å². The maximum absolute atomic E-state index is 10.3. The van der Waals surface area contributed by atoms with Crippen LogP contribution in [-0.2, 0) is 9.47 Å². The molecule has 0 N–H and O–H groups in total. The zero-order chi connectivity index (χ0) is 8.53. The molecule has 11 heavy (non-hydrogen) atoms. The van der Waals surface area contributed by atoms with E-state index in [0.29, 0.717) is 0 Å². The van der Waals surface area contributed by atoms with Crippen molar-refractivity contribution in [1.29, 1.82) is 0 Å². The summed E-state index contributed by atoms with van der Waals surface area (Å²) in [5, 5.41) is 0. The van der Waals surface area contributed by atoms with E-state index in [2.05, 4.69) is 16.1 Å². The second-order valence-corrected chi connectivity index (χ2v) is 1.81. The number of carbonyl (C=O) groups is 1. The first kappa shape index (κ1) is 9.75. The number of rotatable bonds is 4. The molecule has 0 aromatic rings. The molecule has 0 aliphatic heterocycles. The van der Waals surface area contributed by atoms with E-state index in [1.165, 1.54) is 13.4 Å². The van der Waals surface area contributed by atoms with Crippen LogP contribution in [0.2, 0.25) is 0 Å². The molecule has 0 aliphatic rings. The van der Waals surface area contributed by atoms with E-state index < -0.39 is 6.16 Å². The molecular weight excluding hydrogens is 144 g/mol. The van der Waals surface area contributed by atoms with Crippen LogP contribution in [0.5, 0.6) is 0 Å². The van der Waals surface area contributed by atoms with Crippen LogP contribution < -0.4 is 0 Å². The van der Waals surface area contributed by atoms with Crippen molar-refractivity contribution in [3.8, 4) is 0 Å². The van der Waals surface area contributed by atoms with Gasteiger partial charge < -0.3 is 9.47 Å². The van der Waals surface area contributed by atoms with Crippen molar-refractivity contribution in [3.63, 3.8) is 0 Å². The number of methoxy groups -OCH3 is 1. The molecule has 0 radical (unpaired) electrons. The highest BCUT2D eigenvalue weighted by Gasteiger charge is 1.93. The van der Waals surface area contributed by atoms with Gasteiger partial charge in [-0.25, -0.2) is 4.79 Å². The van der Waals surface area contributed by atoms with Gasteiger partial charge in [-0.1, -0.05) is 6.08 Å². The SMILES string of the molecule is C=CCCC=COC(=O)OC. The van der Waals surface area contributed by atoms with Gasteiger partial charge in [0.15, 0.2) is 0 Å². The smallest absolute Gasteiger partial charge is 0.437 e. The maximum Gasteiger partial charge on any atom is 0.512 e. The summed E-state index contributed by atoms with van der Waals surface area (Å²) < 4.78 is 8.69. The summed E-state index contributed by atoms with van der Waals surface area (Å²) in [5.41, 5.74) is 0. The van der Waals surface area contributed by atoms with Gasteiger partial charge in [0.1, 0.15) is 0 Å². The Morgan fingerprint density at radius 2 is 2.27 bits per heavy atom. The standard InChI is InChI=1S/C8H12O3/c1-3-4-5-6-7-11-8(9)10-2/h3,6-7H,1,4-5H2,2H3. The number of unbranched alkanes of at least 4 members (excludes halogenated alkanes) is 1. The normalized spacial score (nSPS) is 9.55. The van der Waals surface area contributed by atoms with Crippen molar-refractivity contribution < 1.29 is 14.3 Å². The third-order valence-electron chi connectivity index (χ3n) is 0.965. The van der Waals surface area contributed by atoms with Crippen LogP contribution in [0.25, 0.3) is 0 Å². The molecule has 0 saturated carbocycles. The minimum Gasteiger partial charge on any atom is -0.437 e. The lowest BCUT2D eigenvalue weighted by Crippen LogP contribution is -1.97. The van der Waals surface area contributed by atoms with E-state index in [1.54, 1.807) is 12.2 Å². The first-order valence-corrected chi connectivity index (χ1v) is 3.31. The van der Waals surface area contributed by atoms with Gasteiger partial charge in [-0.15, -0.1) is 6.58 Å². The molecule has 62 valence electrons. The van der Waals surface area contributed by atoms with Gasteiger partial charge in [0.25, 0.3) is 0 Å². The number of hydrogen-bond donors (Lipinski definition) is 0. The van der Waals surface area contributed by atoms with Crippen LogP contribution in [0.1, 0.15) is 12.8 Å². The highest BCUT2D eigenvalue weighted by Crippen LogP contribution is 1.92. The first-order valence-electron chi connectivity index (χ1n) is 3.31. The minimum absolute atomic E-state index is 0.695. The lowest BCUT2D eigenvalue weighted by molar-refractivity contribution is 0.105. The minimum atomic E-state index is -0.695. The van der Waals surface area contributed by atoms with Gasteiger partial charge in [-0.2, -0.15) is 0 Å². The molecule has 0 unspecified atom stereocenters. The third-order valence-corrected chi connectivity index (χ3v) is 0.965. The van der Waals surface area contributed by atoms with E-state index in [1.807, 2.05) is 0 Å². The Bertz CT molecular complexity index is 149. The molecule has 0 fully saturated rings. The van der Waals surface area contributed by atoms with Gasteiger partial charge >= 0.3 is 6.16 Å². The van der Waals surface area contributed by atoms with Crippen molar-refractivity contribution in [2.75, 3.05) is 7.11 Å². The summed E-state index contributed by atoms with van der Waals surface area (Å²) in [6.45, 7) is 3.54. The second kappa shape index (κ2) is 6.86. The van der Waals surface area contributed by atoms with Crippen LogP contribution in [0.4, 0.5) is 4.79 Å². The number of allylic oxidation sites excluding steroid dienone is 2. The third kappa shape index (κ3) is 6.64. The van der Waals surface area contributed by atoms with Crippen LogP contribution in [-0.4, -0.2) is 13.3 Å². The van der Waals surface area contributed by atoms with Crippen molar-refractivity contribution in [2.45, 2.75) is 12.8 Å². The summed E-state index contributed by atoms with van der Waals surface area (Å²) in [6.07, 6.45) is 5.85. The maximum atomic E-state index is 10.3. The van der Waals surface area contributed by atoms with Crippen LogP contribution in [0.3, 0.4) is 0 Å². The van der Waals surface area contributed by atoms with Crippen LogP contribution in [0.15, 0.2) is 25.0 Å². The van der Waals surface area contributed by atoms with Crippen LogP contribution >= 0.6 is 0 Å². The molecule has 3 nitrogen and oxygen atoms in total. The lowest BCUT2D eigenvalue weighted by atomic mass is 10.3. The summed E-state index contributed by atoms with van der Waals surface area (Å²) in [4.78, 5) is 10.3. The molecular formula is C8H12O3. The van der Waals surface area contributed by atoms with E-state index in [9.17, 15) is 4.79 Å². The van der Waals surface area contributed by atoms with E-state index in [4.69, 9.17) is 0 Å². The summed E-state index contributed by atoms with van der Waals surface area (Å²) in [7, 11) is 1.26. The predicted octanol–water partition coefficient (Wildman–Crippen LogP) is 2.25. The van der Waals surface area contributed by atoms with Gasteiger partial charge in [-0.3, -0.25) is 0 Å². The lowest BCUT2D eigenvalue weighted by Gasteiger charge is -1.93. The Morgan fingerprint density at radius 1 is 1.55 bits per heavy atom. The highest BCUT2D eigenvalue weighted by atomic mass is 16.7. The molecule has 3 heteroatoms. The Labute approximate surface area is 66.3 Å². The monoisotopic (exact) mass is 156 g/mol. The van der Waals surface area contributed by atoms with E-state index in [-0.39, 0.29) is 0 Å². The largest absolute Gasteiger partial charge is 0.512 e. The average molecular weight is 156 g/mol. The van der Waals surface area contributed by atoms with Crippen molar-refractivity contribution >= 4 is 6.16 Å². The molecule has 0 rings (SSSR count). The van der Waals surface area contributed by atoms with Crippen molar-refractivity contribution in [1.82, 2.24) is 0 Å². The quantitative estimate of drug-likeness (QED) is 0.271. The van der Waals surface area contributed by atoms with Gasteiger partial charge in [0.05, 0.1) is 13.4 Å². The first-order chi connectivity index (χ1) is 5.31. The Kier molecular flexibility index (Phi) is 6.08. The number of hydrogen-bond acceptors (Lipinski definition) is 3. The molecule has 0 heterocycles. The molecule has 0 aromatic carbocycles. The zero-order valence-corrected chi connectivity index (χ0v) is 6.58. The van der Waals surface area contributed by atoms with Gasteiger partial charge in [0, 0.05) is 0 Å². The second-order valence-electron chi connectivity index (χ2n) is 1.81.